The molecule has 0 fully saturated rings. The van der Waals surface area contributed by atoms with Crippen LogP contribution in [0.15, 0.2) is 35.1 Å². The number of hydrogen-bond donors (Lipinski definition) is 2. The highest BCUT2D eigenvalue weighted by Gasteiger charge is 2.14. The summed E-state index contributed by atoms with van der Waals surface area (Å²) in [6.45, 7) is 0.439. The van der Waals surface area contributed by atoms with Crippen molar-refractivity contribution in [3.63, 3.8) is 0 Å². The number of carboxylic acids is 1. The number of carbonyl (C=O) groups is 1. The highest BCUT2D eigenvalue weighted by molar-refractivity contribution is 5.87. The maximum Gasteiger partial charge on any atom is 0.335 e. The number of aromatic amines is 1. The molecule has 1 aliphatic rings. The fourth-order valence-corrected chi connectivity index (χ4v) is 2.43. The van der Waals surface area contributed by atoms with E-state index in [1.807, 2.05) is 6.08 Å². The highest BCUT2D eigenvalue weighted by Crippen LogP contribution is 2.17. The SMILES string of the molecule is O=C(O)c1ccc(Cn2c3c([nH]c2=O)CCC=C3)cc1. The maximum absolute atomic E-state index is 12.0. The van der Waals surface area contributed by atoms with Crippen LogP contribution in [0.2, 0.25) is 0 Å². The van der Waals surface area contributed by atoms with E-state index in [0.29, 0.717) is 6.54 Å². The highest BCUT2D eigenvalue weighted by atomic mass is 16.4. The summed E-state index contributed by atoms with van der Waals surface area (Å²) in [5.74, 6) is -0.948. The van der Waals surface area contributed by atoms with Crippen molar-refractivity contribution in [3.05, 3.63) is 63.3 Å². The second-order valence-corrected chi connectivity index (χ2v) is 4.82. The molecular weight excluding hydrogens is 256 g/mol. The minimum Gasteiger partial charge on any atom is -0.478 e. The summed E-state index contributed by atoms with van der Waals surface area (Å²) in [5.41, 5.74) is 2.92. The third kappa shape index (κ3) is 2.18. The van der Waals surface area contributed by atoms with Gasteiger partial charge in [0.25, 0.3) is 0 Å². The Kier molecular flexibility index (Phi) is 3.02. The molecule has 0 spiro atoms. The van der Waals surface area contributed by atoms with Crippen molar-refractivity contribution in [1.82, 2.24) is 9.55 Å². The van der Waals surface area contributed by atoms with E-state index in [2.05, 4.69) is 11.1 Å². The normalized spacial score (nSPS) is 13.2. The lowest BCUT2D eigenvalue weighted by Gasteiger charge is -2.09. The number of aromatic nitrogens is 2. The second kappa shape index (κ2) is 4.85. The first-order valence-corrected chi connectivity index (χ1v) is 6.45. The molecule has 1 heterocycles. The first-order chi connectivity index (χ1) is 9.65. The molecule has 0 saturated carbocycles. The van der Waals surface area contributed by atoms with Gasteiger partial charge in [0.15, 0.2) is 0 Å². The van der Waals surface area contributed by atoms with E-state index < -0.39 is 5.97 Å². The lowest BCUT2D eigenvalue weighted by molar-refractivity contribution is 0.0697. The van der Waals surface area contributed by atoms with Gasteiger partial charge >= 0.3 is 11.7 Å². The van der Waals surface area contributed by atoms with Crippen molar-refractivity contribution < 1.29 is 9.90 Å². The van der Waals surface area contributed by atoms with Crippen LogP contribution in [-0.4, -0.2) is 20.6 Å². The van der Waals surface area contributed by atoms with Gasteiger partial charge in [0, 0.05) is 5.69 Å². The number of hydrogen-bond acceptors (Lipinski definition) is 2. The monoisotopic (exact) mass is 270 g/mol. The van der Waals surface area contributed by atoms with E-state index in [1.165, 1.54) is 0 Å². The minimum absolute atomic E-state index is 0.121. The smallest absolute Gasteiger partial charge is 0.335 e. The van der Waals surface area contributed by atoms with Crippen LogP contribution in [0.1, 0.15) is 33.7 Å². The third-order valence-electron chi connectivity index (χ3n) is 3.48. The van der Waals surface area contributed by atoms with Gasteiger partial charge in [0.2, 0.25) is 0 Å². The van der Waals surface area contributed by atoms with Gasteiger partial charge in [0.1, 0.15) is 0 Å². The summed E-state index contributed by atoms with van der Waals surface area (Å²) in [7, 11) is 0. The molecule has 2 N–H and O–H groups in total. The van der Waals surface area contributed by atoms with Crippen LogP contribution >= 0.6 is 0 Å². The fraction of sp³-hybridized carbons (Fsp3) is 0.200. The van der Waals surface area contributed by atoms with Crippen LogP contribution in [-0.2, 0) is 13.0 Å². The molecule has 0 bridgehead atoms. The number of benzene rings is 1. The van der Waals surface area contributed by atoms with Crippen molar-refractivity contribution >= 4 is 12.0 Å². The Morgan fingerprint density at radius 3 is 2.75 bits per heavy atom. The molecule has 20 heavy (non-hydrogen) atoms. The molecule has 0 radical (unpaired) electrons. The maximum atomic E-state index is 12.0. The van der Waals surface area contributed by atoms with Crippen LogP contribution in [0.25, 0.3) is 6.08 Å². The largest absolute Gasteiger partial charge is 0.478 e. The molecule has 0 aliphatic heterocycles. The van der Waals surface area contributed by atoms with E-state index in [1.54, 1.807) is 28.8 Å². The van der Waals surface area contributed by atoms with Crippen molar-refractivity contribution in [2.45, 2.75) is 19.4 Å². The molecule has 0 atom stereocenters. The number of aromatic carboxylic acids is 1. The van der Waals surface area contributed by atoms with Crippen molar-refractivity contribution in [1.29, 1.82) is 0 Å². The lowest BCUT2D eigenvalue weighted by Crippen LogP contribution is -2.18. The fourth-order valence-electron chi connectivity index (χ4n) is 2.43. The van der Waals surface area contributed by atoms with Crippen LogP contribution in [0.4, 0.5) is 0 Å². The molecule has 0 unspecified atom stereocenters. The number of fused-ring (bicyclic) bond motifs is 1. The Balaban J connectivity index is 1.92. The van der Waals surface area contributed by atoms with E-state index >= 15 is 0 Å². The van der Waals surface area contributed by atoms with Gasteiger partial charge in [-0.2, -0.15) is 0 Å². The molecule has 1 aliphatic carbocycles. The summed E-state index contributed by atoms with van der Waals surface area (Å²) in [4.78, 5) is 25.6. The van der Waals surface area contributed by atoms with Crippen LogP contribution in [0.3, 0.4) is 0 Å². The molecule has 1 aromatic carbocycles. The number of rotatable bonds is 3. The van der Waals surface area contributed by atoms with Gasteiger partial charge < -0.3 is 10.1 Å². The van der Waals surface area contributed by atoms with E-state index in [0.717, 1.165) is 29.8 Å². The number of aryl methyl sites for hydroxylation is 1. The first-order valence-electron chi connectivity index (χ1n) is 6.45. The molecule has 0 saturated heterocycles. The van der Waals surface area contributed by atoms with E-state index in [9.17, 15) is 9.59 Å². The van der Waals surface area contributed by atoms with Gasteiger partial charge in [0.05, 0.1) is 17.8 Å². The quantitative estimate of drug-likeness (QED) is 0.894. The predicted octanol–water partition coefficient (Wildman–Crippen LogP) is 1.88. The zero-order chi connectivity index (χ0) is 14.1. The number of nitrogens with one attached hydrogen (secondary N) is 1. The number of imidazole rings is 1. The third-order valence-corrected chi connectivity index (χ3v) is 3.48. The minimum atomic E-state index is -0.948. The first kappa shape index (κ1) is 12.5. The molecular formula is C15H14N2O3. The van der Waals surface area contributed by atoms with Gasteiger partial charge in [-0.15, -0.1) is 0 Å². The topological polar surface area (TPSA) is 75.1 Å². The number of carboxylic acid groups (broad SMARTS) is 1. The van der Waals surface area contributed by atoms with Crippen molar-refractivity contribution in [2.75, 3.05) is 0 Å². The van der Waals surface area contributed by atoms with Gasteiger partial charge in [-0.3, -0.25) is 4.57 Å². The average Bonchev–Trinajstić information content (AvgIpc) is 2.76. The summed E-state index contributed by atoms with van der Waals surface area (Å²) in [6, 6.07) is 6.58. The molecule has 5 nitrogen and oxygen atoms in total. The lowest BCUT2D eigenvalue weighted by atomic mass is 10.1. The molecule has 2 aromatic rings. The summed E-state index contributed by atoms with van der Waals surface area (Å²) < 4.78 is 1.68. The number of allylic oxidation sites excluding steroid dienone is 1. The van der Waals surface area contributed by atoms with Crippen LogP contribution in [0.5, 0.6) is 0 Å². The van der Waals surface area contributed by atoms with Crippen molar-refractivity contribution in [3.8, 4) is 0 Å². The van der Waals surface area contributed by atoms with Gasteiger partial charge in [-0.05, 0) is 36.6 Å². The average molecular weight is 270 g/mol. The summed E-state index contributed by atoms with van der Waals surface area (Å²) in [6.07, 6.45) is 5.81. The Labute approximate surface area is 115 Å². The van der Waals surface area contributed by atoms with Crippen LogP contribution in [0, 0.1) is 0 Å². The molecule has 5 heteroatoms. The Morgan fingerprint density at radius 1 is 1.30 bits per heavy atom. The van der Waals surface area contributed by atoms with Crippen molar-refractivity contribution in [2.24, 2.45) is 0 Å². The Morgan fingerprint density at radius 2 is 2.05 bits per heavy atom. The summed E-state index contributed by atoms with van der Waals surface area (Å²) >= 11 is 0. The predicted molar refractivity (Wildman–Crippen MR) is 74.9 cm³/mol. The second-order valence-electron chi connectivity index (χ2n) is 4.82. The Bertz CT molecular complexity index is 735. The number of nitrogens with zero attached hydrogens (tertiary/aromatic N) is 1. The summed E-state index contributed by atoms with van der Waals surface area (Å²) in [5, 5.41) is 8.87. The molecule has 3 rings (SSSR count). The van der Waals surface area contributed by atoms with Gasteiger partial charge in [-0.1, -0.05) is 18.2 Å². The van der Waals surface area contributed by atoms with Crippen LogP contribution < -0.4 is 5.69 Å². The molecule has 1 aromatic heterocycles. The molecule has 0 amide bonds. The standard InChI is InChI=1S/C15H14N2O3/c18-14(19)11-7-5-10(6-8-11)9-17-13-4-2-1-3-12(13)16-15(17)20/h2,4-8H,1,3,9H2,(H,16,20)(H,18,19). The van der Waals surface area contributed by atoms with E-state index in [4.69, 9.17) is 5.11 Å². The number of H-pyrrole nitrogens is 1. The zero-order valence-electron chi connectivity index (χ0n) is 10.8. The Hall–Kier alpha value is -2.56. The molecule has 102 valence electrons. The zero-order valence-corrected chi connectivity index (χ0v) is 10.8. The van der Waals surface area contributed by atoms with E-state index in [-0.39, 0.29) is 11.3 Å². The van der Waals surface area contributed by atoms with Gasteiger partial charge in [-0.25, -0.2) is 9.59 Å².